The minimum Gasteiger partial charge on any atom is -0.300 e. The fourth-order valence-electron chi connectivity index (χ4n) is 2.15. The van der Waals surface area contributed by atoms with Gasteiger partial charge in [0.05, 0.1) is 0 Å². The van der Waals surface area contributed by atoms with Gasteiger partial charge in [-0.25, -0.2) is 0 Å². The van der Waals surface area contributed by atoms with E-state index in [9.17, 15) is 4.79 Å². The van der Waals surface area contributed by atoms with Gasteiger partial charge in [-0.2, -0.15) is 0 Å². The van der Waals surface area contributed by atoms with Gasteiger partial charge in [0, 0.05) is 12.8 Å². The lowest BCUT2D eigenvalue weighted by Gasteiger charge is -2.10. The van der Waals surface area contributed by atoms with Crippen LogP contribution in [0.3, 0.4) is 0 Å². The van der Waals surface area contributed by atoms with Gasteiger partial charge in [-0.05, 0) is 11.8 Å². The molecule has 0 aromatic rings. The molecule has 0 N–H and O–H groups in total. The summed E-state index contributed by atoms with van der Waals surface area (Å²) in [4.78, 5) is 11.6. The monoisotopic (exact) mass is 182 g/mol. The molecule has 0 aliphatic heterocycles. The molecule has 0 spiro atoms. The van der Waals surface area contributed by atoms with E-state index < -0.39 is 0 Å². The second-order valence-electron chi connectivity index (χ2n) is 4.61. The Balaban J connectivity index is 2.16. The van der Waals surface area contributed by atoms with Crippen LogP contribution in [-0.2, 0) is 4.79 Å². The molecule has 1 aliphatic rings. The second-order valence-corrected chi connectivity index (χ2v) is 4.61. The SMILES string of the molecule is CCC(C)CC(=O)CC1CCCC1. The lowest BCUT2D eigenvalue weighted by atomic mass is 9.94. The van der Waals surface area contributed by atoms with Gasteiger partial charge in [-0.15, -0.1) is 0 Å². The van der Waals surface area contributed by atoms with E-state index in [1.165, 1.54) is 25.7 Å². The number of ketones is 1. The molecule has 1 atom stereocenters. The predicted octanol–water partition coefficient (Wildman–Crippen LogP) is 3.57. The first-order valence-corrected chi connectivity index (χ1v) is 5.74. The highest BCUT2D eigenvalue weighted by Gasteiger charge is 2.18. The quantitative estimate of drug-likeness (QED) is 0.635. The number of hydrogen-bond donors (Lipinski definition) is 0. The van der Waals surface area contributed by atoms with E-state index in [1.807, 2.05) is 0 Å². The maximum atomic E-state index is 11.6. The molecule has 1 unspecified atom stereocenters. The molecule has 0 amide bonds. The van der Waals surface area contributed by atoms with Crippen LogP contribution in [0.15, 0.2) is 0 Å². The van der Waals surface area contributed by atoms with Crippen molar-refractivity contribution < 1.29 is 4.79 Å². The van der Waals surface area contributed by atoms with E-state index in [2.05, 4.69) is 13.8 Å². The molecule has 0 heterocycles. The lowest BCUT2D eigenvalue weighted by molar-refractivity contribution is -0.120. The van der Waals surface area contributed by atoms with Crippen LogP contribution in [0.4, 0.5) is 0 Å². The highest BCUT2D eigenvalue weighted by atomic mass is 16.1. The van der Waals surface area contributed by atoms with Crippen molar-refractivity contribution in [2.75, 3.05) is 0 Å². The van der Waals surface area contributed by atoms with E-state index >= 15 is 0 Å². The molecule has 1 nitrogen and oxygen atoms in total. The van der Waals surface area contributed by atoms with E-state index in [0.717, 1.165) is 25.2 Å². The van der Waals surface area contributed by atoms with Crippen molar-refractivity contribution in [3.63, 3.8) is 0 Å². The fraction of sp³-hybridized carbons (Fsp3) is 0.917. The van der Waals surface area contributed by atoms with Gasteiger partial charge in [0.1, 0.15) is 5.78 Å². The molecule has 1 heteroatoms. The lowest BCUT2D eigenvalue weighted by Crippen LogP contribution is -2.09. The first-order valence-electron chi connectivity index (χ1n) is 5.74. The van der Waals surface area contributed by atoms with Crippen LogP contribution < -0.4 is 0 Å². The molecule has 1 saturated carbocycles. The Hall–Kier alpha value is -0.330. The van der Waals surface area contributed by atoms with Crippen LogP contribution in [0.25, 0.3) is 0 Å². The third kappa shape index (κ3) is 3.93. The molecule has 13 heavy (non-hydrogen) atoms. The first kappa shape index (κ1) is 10.7. The van der Waals surface area contributed by atoms with Gasteiger partial charge in [-0.3, -0.25) is 4.79 Å². The van der Waals surface area contributed by atoms with Crippen LogP contribution in [0.1, 0.15) is 58.8 Å². The van der Waals surface area contributed by atoms with E-state index in [0.29, 0.717) is 11.7 Å². The van der Waals surface area contributed by atoms with Crippen molar-refractivity contribution in [1.82, 2.24) is 0 Å². The van der Waals surface area contributed by atoms with Crippen molar-refractivity contribution in [1.29, 1.82) is 0 Å². The molecule has 1 fully saturated rings. The van der Waals surface area contributed by atoms with Crippen LogP contribution in [-0.4, -0.2) is 5.78 Å². The number of hydrogen-bond acceptors (Lipinski definition) is 1. The van der Waals surface area contributed by atoms with Crippen molar-refractivity contribution in [3.05, 3.63) is 0 Å². The smallest absolute Gasteiger partial charge is 0.133 e. The maximum absolute atomic E-state index is 11.6. The first-order chi connectivity index (χ1) is 6.22. The summed E-state index contributed by atoms with van der Waals surface area (Å²) in [5.74, 6) is 1.83. The summed E-state index contributed by atoms with van der Waals surface area (Å²) in [6.07, 6.45) is 8.11. The molecule has 1 rings (SSSR count). The van der Waals surface area contributed by atoms with Gasteiger partial charge >= 0.3 is 0 Å². The van der Waals surface area contributed by atoms with Crippen molar-refractivity contribution in [2.24, 2.45) is 11.8 Å². The average Bonchev–Trinajstić information content (AvgIpc) is 2.56. The van der Waals surface area contributed by atoms with Crippen molar-refractivity contribution in [2.45, 2.75) is 58.8 Å². The molecular formula is C12H22O. The van der Waals surface area contributed by atoms with Gasteiger partial charge in [0.25, 0.3) is 0 Å². The Labute approximate surface area is 81.9 Å². The van der Waals surface area contributed by atoms with E-state index in [4.69, 9.17) is 0 Å². The zero-order valence-corrected chi connectivity index (χ0v) is 9.01. The van der Waals surface area contributed by atoms with Crippen LogP contribution >= 0.6 is 0 Å². The summed E-state index contributed by atoms with van der Waals surface area (Å²) in [6.45, 7) is 4.33. The predicted molar refractivity (Wildman–Crippen MR) is 55.7 cm³/mol. The van der Waals surface area contributed by atoms with Crippen LogP contribution in [0.2, 0.25) is 0 Å². The number of carbonyl (C=O) groups is 1. The minimum atomic E-state index is 0.501. The number of rotatable bonds is 5. The largest absolute Gasteiger partial charge is 0.300 e. The Morgan fingerprint density at radius 1 is 1.38 bits per heavy atom. The Bertz CT molecular complexity index is 157. The standard InChI is InChI=1S/C12H22O/c1-3-10(2)8-12(13)9-11-6-4-5-7-11/h10-11H,3-9H2,1-2H3. The Kier molecular flexibility index (Phi) is 4.47. The molecular weight excluding hydrogens is 160 g/mol. The zero-order chi connectivity index (χ0) is 9.68. The average molecular weight is 182 g/mol. The van der Waals surface area contributed by atoms with Gasteiger partial charge in [0.15, 0.2) is 0 Å². The number of Topliss-reactive ketones (excluding diaryl/α,β-unsaturated/α-hetero) is 1. The minimum absolute atomic E-state index is 0.501. The molecule has 0 radical (unpaired) electrons. The molecule has 0 bridgehead atoms. The molecule has 76 valence electrons. The van der Waals surface area contributed by atoms with Crippen LogP contribution in [0.5, 0.6) is 0 Å². The second kappa shape index (κ2) is 5.41. The topological polar surface area (TPSA) is 17.1 Å². The van der Waals surface area contributed by atoms with Gasteiger partial charge in [0.2, 0.25) is 0 Å². The summed E-state index contributed by atoms with van der Waals surface area (Å²) in [5.41, 5.74) is 0. The molecule has 1 aliphatic carbocycles. The van der Waals surface area contributed by atoms with Gasteiger partial charge in [-0.1, -0.05) is 46.0 Å². The normalized spacial score (nSPS) is 20.5. The summed E-state index contributed by atoms with van der Waals surface area (Å²) in [5, 5.41) is 0. The summed E-state index contributed by atoms with van der Waals surface area (Å²) >= 11 is 0. The summed E-state index contributed by atoms with van der Waals surface area (Å²) in [7, 11) is 0. The van der Waals surface area contributed by atoms with Crippen LogP contribution in [0, 0.1) is 11.8 Å². The molecule has 0 saturated heterocycles. The Morgan fingerprint density at radius 3 is 2.54 bits per heavy atom. The van der Waals surface area contributed by atoms with E-state index in [1.54, 1.807) is 0 Å². The zero-order valence-electron chi connectivity index (χ0n) is 9.01. The fourth-order valence-corrected chi connectivity index (χ4v) is 2.15. The maximum Gasteiger partial charge on any atom is 0.133 e. The third-order valence-corrected chi connectivity index (χ3v) is 3.26. The third-order valence-electron chi connectivity index (χ3n) is 3.26. The molecule has 0 aromatic carbocycles. The Morgan fingerprint density at radius 2 is 2.00 bits per heavy atom. The van der Waals surface area contributed by atoms with Crippen molar-refractivity contribution >= 4 is 5.78 Å². The highest BCUT2D eigenvalue weighted by Crippen LogP contribution is 2.28. The van der Waals surface area contributed by atoms with Gasteiger partial charge < -0.3 is 0 Å². The number of carbonyl (C=O) groups excluding carboxylic acids is 1. The summed E-state index contributed by atoms with van der Waals surface area (Å²) < 4.78 is 0. The van der Waals surface area contributed by atoms with Crippen molar-refractivity contribution in [3.8, 4) is 0 Å². The van der Waals surface area contributed by atoms with E-state index in [-0.39, 0.29) is 0 Å². The summed E-state index contributed by atoms with van der Waals surface area (Å²) in [6, 6.07) is 0. The molecule has 0 aromatic heterocycles. The highest BCUT2D eigenvalue weighted by molar-refractivity contribution is 5.78.